The average Bonchev–Trinajstić information content (AvgIpc) is 2.58. The van der Waals surface area contributed by atoms with Crippen LogP contribution >= 0.6 is 0 Å². The Bertz CT molecular complexity index is 741. The summed E-state index contributed by atoms with van der Waals surface area (Å²) in [6, 6.07) is 13.6. The fraction of sp³-hybridized carbons (Fsp3) is 0.300. The van der Waals surface area contributed by atoms with Crippen molar-refractivity contribution in [3.63, 3.8) is 0 Å². The van der Waals surface area contributed by atoms with Crippen LogP contribution in [-0.2, 0) is 4.79 Å². The summed E-state index contributed by atoms with van der Waals surface area (Å²) < 4.78 is 11.6. The maximum atomic E-state index is 10.8. The molecule has 0 bridgehead atoms. The van der Waals surface area contributed by atoms with Gasteiger partial charge < -0.3 is 9.47 Å². The van der Waals surface area contributed by atoms with Crippen molar-refractivity contribution in [1.29, 1.82) is 0 Å². The van der Waals surface area contributed by atoms with Crippen LogP contribution in [0.1, 0.15) is 30.0 Å². The molecule has 2 aromatic rings. The summed E-state index contributed by atoms with van der Waals surface area (Å²) in [6.45, 7) is 6.73. The molecule has 132 valence electrons. The van der Waals surface area contributed by atoms with Crippen LogP contribution in [0.2, 0.25) is 0 Å². The standard InChI is InChI=1S/C20H24N2O3/c1-15-7-4-10-20(16(15)2)25-12-6-11-24-19-9-5-8-18(13-19)14-21-22-17(3)23/h4-5,7-10,13-14H,6,11-12H2,1-3H3,(H,22,23)/b21-14-. The van der Waals surface area contributed by atoms with E-state index in [4.69, 9.17) is 9.47 Å². The first-order chi connectivity index (χ1) is 12.1. The van der Waals surface area contributed by atoms with Crippen molar-refractivity contribution >= 4 is 12.1 Å². The highest BCUT2D eigenvalue weighted by Gasteiger charge is 2.01. The number of nitrogens with one attached hydrogen (secondary N) is 1. The normalized spacial score (nSPS) is 10.7. The van der Waals surface area contributed by atoms with Gasteiger partial charge in [0.05, 0.1) is 19.4 Å². The van der Waals surface area contributed by atoms with E-state index in [0.717, 1.165) is 23.5 Å². The average molecular weight is 340 g/mol. The second-order valence-electron chi connectivity index (χ2n) is 5.75. The van der Waals surface area contributed by atoms with E-state index in [1.165, 1.54) is 18.1 Å². The number of aryl methyl sites for hydroxylation is 1. The van der Waals surface area contributed by atoms with Crippen LogP contribution in [-0.4, -0.2) is 25.3 Å². The number of hydrazone groups is 1. The Hall–Kier alpha value is -2.82. The SMILES string of the molecule is CC(=O)N/N=C\c1cccc(OCCCOc2cccc(C)c2C)c1. The van der Waals surface area contributed by atoms with Gasteiger partial charge in [-0.1, -0.05) is 24.3 Å². The van der Waals surface area contributed by atoms with Gasteiger partial charge in [-0.2, -0.15) is 5.10 Å². The second kappa shape index (κ2) is 9.47. The van der Waals surface area contributed by atoms with Crippen LogP contribution in [0, 0.1) is 13.8 Å². The van der Waals surface area contributed by atoms with Crippen molar-refractivity contribution in [1.82, 2.24) is 5.43 Å². The summed E-state index contributed by atoms with van der Waals surface area (Å²) in [5, 5.41) is 3.84. The lowest BCUT2D eigenvalue weighted by Gasteiger charge is -2.11. The summed E-state index contributed by atoms with van der Waals surface area (Å²) in [5.74, 6) is 1.49. The van der Waals surface area contributed by atoms with E-state index in [2.05, 4.69) is 30.4 Å². The molecule has 0 unspecified atom stereocenters. The molecule has 0 heterocycles. The number of hydrogen-bond acceptors (Lipinski definition) is 4. The second-order valence-corrected chi connectivity index (χ2v) is 5.75. The number of nitrogens with zero attached hydrogens (tertiary/aromatic N) is 1. The molecule has 0 fully saturated rings. The van der Waals surface area contributed by atoms with Crippen LogP contribution in [0.4, 0.5) is 0 Å². The van der Waals surface area contributed by atoms with E-state index < -0.39 is 0 Å². The van der Waals surface area contributed by atoms with E-state index in [1.807, 2.05) is 36.4 Å². The maximum Gasteiger partial charge on any atom is 0.236 e. The minimum absolute atomic E-state index is 0.201. The Morgan fingerprint density at radius 2 is 1.88 bits per heavy atom. The maximum absolute atomic E-state index is 10.8. The molecule has 0 aliphatic carbocycles. The molecule has 0 aliphatic heterocycles. The molecule has 1 amide bonds. The van der Waals surface area contributed by atoms with Crippen LogP contribution < -0.4 is 14.9 Å². The summed E-state index contributed by atoms with van der Waals surface area (Å²) >= 11 is 0. The van der Waals surface area contributed by atoms with Gasteiger partial charge in [0.2, 0.25) is 5.91 Å². The van der Waals surface area contributed by atoms with Gasteiger partial charge >= 0.3 is 0 Å². The highest BCUT2D eigenvalue weighted by molar-refractivity contribution is 5.82. The van der Waals surface area contributed by atoms with Crippen molar-refractivity contribution in [3.8, 4) is 11.5 Å². The van der Waals surface area contributed by atoms with Gasteiger partial charge in [0.1, 0.15) is 11.5 Å². The van der Waals surface area contributed by atoms with Crippen molar-refractivity contribution in [2.24, 2.45) is 5.10 Å². The Morgan fingerprint density at radius 3 is 2.68 bits per heavy atom. The molecule has 0 atom stereocenters. The fourth-order valence-electron chi connectivity index (χ4n) is 2.19. The third-order valence-corrected chi connectivity index (χ3v) is 3.66. The van der Waals surface area contributed by atoms with Gasteiger partial charge in [-0.15, -0.1) is 0 Å². The van der Waals surface area contributed by atoms with Crippen LogP contribution in [0.3, 0.4) is 0 Å². The molecule has 0 saturated heterocycles. The summed E-state index contributed by atoms with van der Waals surface area (Å²) in [5.41, 5.74) is 5.63. The molecular weight excluding hydrogens is 316 g/mol. The van der Waals surface area contributed by atoms with E-state index in [0.29, 0.717) is 13.2 Å². The molecule has 0 aromatic heterocycles. The minimum Gasteiger partial charge on any atom is -0.493 e. The number of ether oxygens (including phenoxy) is 2. The van der Waals surface area contributed by atoms with E-state index in [-0.39, 0.29) is 5.91 Å². The highest BCUT2D eigenvalue weighted by atomic mass is 16.5. The Morgan fingerprint density at radius 1 is 1.12 bits per heavy atom. The van der Waals surface area contributed by atoms with Crippen molar-refractivity contribution < 1.29 is 14.3 Å². The lowest BCUT2D eigenvalue weighted by atomic mass is 10.1. The first-order valence-corrected chi connectivity index (χ1v) is 8.28. The fourth-order valence-corrected chi connectivity index (χ4v) is 2.19. The third-order valence-electron chi connectivity index (χ3n) is 3.66. The van der Waals surface area contributed by atoms with Crippen LogP contribution in [0.25, 0.3) is 0 Å². The number of amides is 1. The van der Waals surface area contributed by atoms with Gasteiger partial charge in [0.15, 0.2) is 0 Å². The van der Waals surface area contributed by atoms with E-state index >= 15 is 0 Å². The first-order valence-electron chi connectivity index (χ1n) is 8.28. The number of benzene rings is 2. The lowest BCUT2D eigenvalue weighted by molar-refractivity contribution is -0.118. The quantitative estimate of drug-likeness (QED) is 0.453. The molecular formula is C20H24N2O3. The Labute approximate surface area is 148 Å². The first kappa shape index (κ1) is 18.5. The minimum atomic E-state index is -0.201. The zero-order valence-corrected chi connectivity index (χ0v) is 14.9. The van der Waals surface area contributed by atoms with Gasteiger partial charge in [0, 0.05) is 13.3 Å². The number of carbonyl (C=O) groups is 1. The molecule has 0 spiro atoms. The molecule has 2 rings (SSSR count). The summed E-state index contributed by atoms with van der Waals surface area (Å²) in [7, 11) is 0. The number of hydrogen-bond donors (Lipinski definition) is 1. The molecule has 0 radical (unpaired) electrons. The summed E-state index contributed by atoms with van der Waals surface area (Å²) in [6.07, 6.45) is 2.37. The predicted octanol–water partition coefficient (Wildman–Crippen LogP) is 3.62. The summed E-state index contributed by atoms with van der Waals surface area (Å²) in [4.78, 5) is 10.8. The van der Waals surface area contributed by atoms with E-state index in [1.54, 1.807) is 6.21 Å². The van der Waals surface area contributed by atoms with Crippen molar-refractivity contribution in [2.45, 2.75) is 27.2 Å². The molecule has 25 heavy (non-hydrogen) atoms. The molecule has 5 nitrogen and oxygen atoms in total. The van der Waals surface area contributed by atoms with Gasteiger partial charge in [0.25, 0.3) is 0 Å². The van der Waals surface area contributed by atoms with Crippen LogP contribution in [0.15, 0.2) is 47.6 Å². The molecule has 0 saturated carbocycles. The topological polar surface area (TPSA) is 59.9 Å². The monoisotopic (exact) mass is 340 g/mol. The van der Waals surface area contributed by atoms with Crippen molar-refractivity contribution in [2.75, 3.05) is 13.2 Å². The molecule has 2 aromatic carbocycles. The third kappa shape index (κ3) is 6.30. The van der Waals surface area contributed by atoms with Gasteiger partial charge in [-0.25, -0.2) is 5.43 Å². The molecule has 5 heteroatoms. The zero-order chi connectivity index (χ0) is 18.1. The predicted molar refractivity (Wildman–Crippen MR) is 99.4 cm³/mol. The largest absolute Gasteiger partial charge is 0.493 e. The van der Waals surface area contributed by atoms with Gasteiger partial charge in [-0.05, 0) is 48.7 Å². The number of carbonyl (C=O) groups excluding carboxylic acids is 1. The molecule has 0 aliphatic rings. The Balaban J connectivity index is 1.75. The Kier molecular flexibility index (Phi) is 7.01. The lowest BCUT2D eigenvalue weighted by Crippen LogP contribution is -2.12. The molecule has 1 N–H and O–H groups in total. The van der Waals surface area contributed by atoms with Crippen LogP contribution in [0.5, 0.6) is 11.5 Å². The smallest absolute Gasteiger partial charge is 0.236 e. The highest BCUT2D eigenvalue weighted by Crippen LogP contribution is 2.20. The van der Waals surface area contributed by atoms with Gasteiger partial charge in [-0.3, -0.25) is 4.79 Å². The van der Waals surface area contributed by atoms with E-state index in [9.17, 15) is 4.79 Å². The number of rotatable bonds is 8. The zero-order valence-electron chi connectivity index (χ0n) is 14.9. The van der Waals surface area contributed by atoms with Crippen molar-refractivity contribution in [3.05, 3.63) is 59.2 Å².